The molecule has 2 rings (SSSR count). The maximum atomic E-state index is 6.38. The van der Waals surface area contributed by atoms with Gasteiger partial charge in [-0.05, 0) is 25.7 Å². The van der Waals surface area contributed by atoms with Crippen LogP contribution in [0.5, 0.6) is 0 Å². The van der Waals surface area contributed by atoms with Gasteiger partial charge in [-0.25, -0.2) is 0 Å². The van der Waals surface area contributed by atoms with E-state index in [2.05, 4.69) is 0 Å². The van der Waals surface area contributed by atoms with E-state index in [-0.39, 0.29) is 0 Å². The summed E-state index contributed by atoms with van der Waals surface area (Å²) in [6.07, 6.45) is 7.48. The van der Waals surface area contributed by atoms with Crippen molar-refractivity contribution < 1.29 is 14.2 Å². The third-order valence-electron chi connectivity index (χ3n) is 4.40. The lowest BCUT2D eigenvalue weighted by atomic mass is 9.64. The molecule has 1 spiro atoms. The minimum atomic E-state index is 0.303. The second-order valence-electron chi connectivity index (χ2n) is 5.46. The zero-order valence-corrected chi connectivity index (χ0v) is 12.1. The molecular weight excluding hydrogens is 252 g/mol. The Morgan fingerprint density at radius 1 is 1.11 bits per heavy atom. The lowest BCUT2D eigenvalue weighted by Gasteiger charge is -2.51. The Kier molecular flexibility index (Phi) is 5.74. The number of ether oxygens (including phenoxy) is 3. The Balaban J connectivity index is 1.55. The Bertz CT molecular complexity index is 241. The van der Waals surface area contributed by atoms with E-state index >= 15 is 0 Å². The van der Waals surface area contributed by atoms with Gasteiger partial charge in [0.25, 0.3) is 0 Å². The van der Waals surface area contributed by atoms with Crippen molar-refractivity contribution in [2.45, 2.75) is 50.0 Å². The number of alkyl halides is 1. The van der Waals surface area contributed by atoms with Gasteiger partial charge in [0.2, 0.25) is 0 Å². The van der Waals surface area contributed by atoms with Gasteiger partial charge in [-0.15, -0.1) is 11.6 Å². The Hall–Kier alpha value is 0.170. The normalized spacial score (nSPS) is 29.7. The molecule has 0 aromatic rings. The zero-order chi connectivity index (χ0) is 12.8. The van der Waals surface area contributed by atoms with Crippen LogP contribution in [0.2, 0.25) is 0 Å². The van der Waals surface area contributed by atoms with E-state index in [9.17, 15) is 0 Å². The summed E-state index contributed by atoms with van der Waals surface area (Å²) < 4.78 is 16.4. The molecule has 18 heavy (non-hydrogen) atoms. The summed E-state index contributed by atoms with van der Waals surface area (Å²) in [5.74, 6) is 0. The molecule has 2 aliphatic rings. The Labute approximate surface area is 115 Å². The summed E-state index contributed by atoms with van der Waals surface area (Å²) in [5.41, 5.74) is 0.303. The smallest absolute Gasteiger partial charge is 0.0704 e. The second-order valence-corrected chi connectivity index (χ2v) is 5.99. The largest absolute Gasteiger partial charge is 0.385 e. The summed E-state index contributed by atoms with van der Waals surface area (Å²) in [4.78, 5) is 0. The molecule has 0 amide bonds. The first-order chi connectivity index (χ1) is 8.79. The van der Waals surface area contributed by atoms with Gasteiger partial charge in [0.1, 0.15) is 0 Å². The van der Waals surface area contributed by atoms with E-state index in [1.165, 1.54) is 25.7 Å². The third kappa shape index (κ3) is 3.19. The van der Waals surface area contributed by atoms with E-state index in [0.29, 0.717) is 30.1 Å². The number of halogens is 1. The molecule has 0 N–H and O–H groups in total. The van der Waals surface area contributed by atoms with Crippen molar-refractivity contribution in [1.29, 1.82) is 0 Å². The molecule has 106 valence electrons. The summed E-state index contributed by atoms with van der Waals surface area (Å²) >= 11 is 6.38. The average Bonchev–Trinajstić information content (AvgIpc) is 2.88. The summed E-state index contributed by atoms with van der Waals surface area (Å²) in [6.45, 7) is 2.90. The first-order valence-electron chi connectivity index (χ1n) is 7.12. The van der Waals surface area contributed by atoms with Crippen molar-refractivity contribution in [3.63, 3.8) is 0 Å². The summed E-state index contributed by atoms with van der Waals surface area (Å²) in [6, 6.07) is 0. The molecule has 2 atom stereocenters. The predicted octanol–water partition coefficient (Wildman–Crippen LogP) is 3.00. The molecule has 0 bridgehead atoms. The van der Waals surface area contributed by atoms with Crippen LogP contribution in [0.4, 0.5) is 0 Å². The van der Waals surface area contributed by atoms with Gasteiger partial charge < -0.3 is 14.2 Å². The molecule has 0 aromatic heterocycles. The minimum absolute atomic E-state index is 0.303. The molecule has 2 saturated carbocycles. The monoisotopic (exact) mass is 276 g/mol. The van der Waals surface area contributed by atoms with E-state index in [1.807, 2.05) is 0 Å². The third-order valence-corrected chi connectivity index (χ3v) is 5.02. The lowest BCUT2D eigenvalue weighted by molar-refractivity contribution is -0.115. The highest BCUT2D eigenvalue weighted by molar-refractivity contribution is 6.21. The molecule has 0 aliphatic heterocycles. The number of hydrogen-bond acceptors (Lipinski definition) is 3. The van der Waals surface area contributed by atoms with E-state index < -0.39 is 0 Å². The van der Waals surface area contributed by atoms with E-state index in [4.69, 9.17) is 25.8 Å². The van der Waals surface area contributed by atoms with Crippen LogP contribution in [0.25, 0.3) is 0 Å². The van der Waals surface area contributed by atoms with Crippen LogP contribution >= 0.6 is 11.6 Å². The van der Waals surface area contributed by atoms with Gasteiger partial charge in [-0.2, -0.15) is 0 Å². The van der Waals surface area contributed by atoms with Crippen molar-refractivity contribution in [3.8, 4) is 0 Å². The lowest BCUT2D eigenvalue weighted by Crippen LogP contribution is -2.54. The Morgan fingerprint density at radius 3 is 2.56 bits per heavy atom. The fourth-order valence-corrected chi connectivity index (χ4v) is 3.78. The number of methoxy groups -OCH3 is 1. The molecule has 2 aliphatic carbocycles. The number of hydrogen-bond donors (Lipinski definition) is 0. The second kappa shape index (κ2) is 7.09. The molecule has 0 aromatic carbocycles. The van der Waals surface area contributed by atoms with Crippen LogP contribution in [-0.4, -0.2) is 45.0 Å². The highest BCUT2D eigenvalue weighted by atomic mass is 35.5. The van der Waals surface area contributed by atoms with Gasteiger partial charge in [0, 0.05) is 31.1 Å². The van der Waals surface area contributed by atoms with Gasteiger partial charge in [-0.1, -0.05) is 12.8 Å². The molecule has 0 heterocycles. The molecule has 0 radical (unpaired) electrons. The van der Waals surface area contributed by atoms with E-state index in [1.54, 1.807) is 7.11 Å². The Morgan fingerprint density at radius 2 is 1.89 bits per heavy atom. The standard InChI is InChI=1S/C14H25ClO3/c1-16-7-4-8-17-9-10-18-13-11-12(15)14(13)5-2-3-6-14/h12-13H,2-11H2,1H3. The van der Waals surface area contributed by atoms with Crippen LogP contribution < -0.4 is 0 Å². The SMILES string of the molecule is COCCCOCCOC1CC(Cl)C12CCCC2. The van der Waals surface area contributed by atoms with Crippen LogP contribution in [0, 0.1) is 5.41 Å². The van der Waals surface area contributed by atoms with Gasteiger partial charge in [0.05, 0.1) is 19.3 Å². The maximum Gasteiger partial charge on any atom is 0.0704 e. The van der Waals surface area contributed by atoms with Crippen molar-refractivity contribution in [1.82, 2.24) is 0 Å². The van der Waals surface area contributed by atoms with Crippen LogP contribution in [0.15, 0.2) is 0 Å². The first-order valence-corrected chi connectivity index (χ1v) is 7.55. The predicted molar refractivity (Wildman–Crippen MR) is 72.2 cm³/mol. The molecular formula is C14H25ClO3. The maximum absolute atomic E-state index is 6.38. The fraction of sp³-hybridized carbons (Fsp3) is 1.00. The fourth-order valence-electron chi connectivity index (χ4n) is 3.26. The van der Waals surface area contributed by atoms with Crippen molar-refractivity contribution in [2.75, 3.05) is 33.5 Å². The van der Waals surface area contributed by atoms with Crippen LogP contribution in [0.3, 0.4) is 0 Å². The van der Waals surface area contributed by atoms with Crippen LogP contribution in [0.1, 0.15) is 38.5 Å². The van der Waals surface area contributed by atoms with Crippen molar-refractivity contribution in [2.24, 2.45) is 5.41 Å². The first kappa shape index (κ1) is 14.6. The van der Waals surface area contributed by atoms with Crippen LogP contribution in [-0.2, 0) is 14.2 Å². The van der Waals surface area contributed by atoms with Gasteiger partial charge in [0.15, 0.2) is 0 Å². The topological polar surface area (TPSA) is 27.7 Å². The summed E-state index contributed by atoms with van der Waals surface area (Å²) in [5, 5.41) is 0.340. The van der Waals surface area contributed by atoms with Crippen molar-refractivity contribution in [3.05, 3.63) is 0 Å². The molecule has 4 heteroatoms. The minimum Gasteiger partial charge on any atom is -0.385 e. The number of rotatable bonds is 8. The van der Waals surface area contributed by atoms with Gasteiger partial charge in [-0.3, -0.25) is 0 Å². The highest BCUT2D eigenvalue weighted by Crippen LogP contribution is 2.57. The van der Waals surface area contributed by atoms with E-state index in [0.717, 1.165) is 26.1 Å². The van der Waals surface area contributed by atoms with Crippen molar-refractivity contribution >= 4 is 11.6 Å². The molecule has 3 nitrogen and oxygen atoms in total. The quantitative estimate of drug-likeness (QED) is 0.504. The molecule has 2 fully saturated rings. The average molecular weight is 277 g/mol. The van der Waals surface area contributed by atoms with Gasteiger partial charge >= 0.3 is 0 Å². The highest BCUT2D eigenvalue weighted by Gasteiger charge is 2.55. The summed E-state index contributed by atoms with van der Waals surface area (Å²) in [7, 11) is 1.71. The molecule has 0 saturated heterocycles. The molecule has 2 unspecified atom stereocenters. The zero-order valence-electron chi connectivity index (χ0n) is 11.3.